The number of hydrogen-bond acceptors (Lipinski definition) is 1. The molecule has 0 saturated heterocycles. The van der Waals surface area contributed by atoms with Crippen LogP contribution in [-0.2, 0) is 44.1 Å². The van der Waals surface area contributed by atoms with E-state index in [9.17, 15) is 0 Å². The fourth-order valence-corrected chi connectivity index (χ4v) is 1.03. The van der Waals surface area contributed by atoms with Gasteiger partial charge in [0.15, 0.2) is 0 Å². The molecule has 0 aliphatic heterocycles. The van der Waals surface area contributed by atoms with Crippen molar-refractivity contribution in [1.82, 2.24) is 0 Å². The summed E-state index contributed by atoms with van der Waals surface area (Å²) in [4.78, 5) is 0. The van der Waals surface area contributed by atoms with Gasteiger partial charge in [-0.15, -0.1) is 0 Å². The summed E-state index contributed by atoms with van der Waals surface area (Å²) in [5, 5.41) is 0. The van der Waals surface area contributed by atoms with Crippen molar-refractivity contribution >= 4 is 0 Å². The van der Waals surface area contributed by atoms with E-state index in [4.69, 9.17) is 0 Å². The fraction of sp³-hybridized carbons (Fsp3) is 0.0714. The quantitative estimate of drug-likeness (QED) is 0.768. The molecule has 2 rings (SSSR count). The molecule has 2 aromatic rings. The first-order valence-corrected chi connectivity index (χ1v) is 4.75. The van der Waals surface area contributed by atoms with Crippen molar-refractivity contribution in [2.24, 2.45) is 0 Å². The maximum atomic E-state index is 4.68. The monoisotopic (exact) mass is 287 g/mol. The predicted octanol–water partition coefficient (Wildman–Crippen LogP) is 3.48. The molecular formula is C14H14OY-2. The number of rotatable bonds is 2. The third kappa shape index (κ3) is 7.75. The van der Waals surface area contributed by atoms with E-state index in [1.165, 1.54) is 0 Å². The molecule has 2 aromatic carbocycles. The van der Waals surface area contributed by atoms with Gasteiger partial charge in [0.05, 0.1) is 0 Å². The minimum Gasteiger partial charge on any atom is -0.552 e. The van der Waals surface area contributed by atoms with Gasteiger partial charge >= 0.3 is 0 Å². The topological polar surface area (TPSA) is 9.23 Å². The normalized spacial score (nSPS) is 8.31. The Hall–Kier alpha value is -0.496. The molecule has 0 aliphatic carbocycles. The van der Waals surface area contributed by atoms with Gasteiger partial charge in [0.2, 0.25) is 0 Å². The average Bonchev–Trinajstić information content (AvgIpc) is 2.34. The minimum absolute atomic E-state index is 0. The van der Waals surface area contributed by atoms with Crippen LogP contribution in [0.1, 0.15) is 5.56 Å². The van der Waals surface area contributed by atoms with E-state index < -0.39 is 0 Å². The molecular weight excluding hydrogens is 273 g/mol. The third-order valence-electron chi connectivity index (χ3n) is 1.72. The zero-order chi connectivity index (χ0) is 10.8. The van der Waals surface area contributed by atoms with Crippen LogP contribution in [-0.4, -0.2) is 0 Å². The van der Waals surface area contributed by atoms with Crippen molar-refractivity contribution in [1.29, 1.82) is 0 Å². The zero-order valence-electron chi connectivity index (χ0n) is 9.17. The van der Waals surface area contributed by atoms with Crippen LogP contribution in [0.15, 0.2) is 60.7 Å². The Morgan fingerprint density at radius 1 is 0.938 bits per heavy atom. The van der Waals surface area contributed by atoms with Crippen LogP contribution >= 0.6 is 0 Å². The molecule has 1 radical (unpaired) electrons. The summed E-state index contributed by atoms with van der Waals surface area (Å²) in [7, 11) is 3.28. The number of hydrogen-bond donors (Lipinski definition) is 0. The Morgan fingerprint density at radius 3 is 1.88 bits per heavy atom. The molecule has 0 aliphatic rings. The number of benzene rings is 2. The van der Waals surface area contributed by atoms with Gasteiger partial charge in [0, 0.05) is 39.3 Å². The second-order valence-corrected chi connectivity index (χ2v) is 2.91. The Kier molecular flexibility index (Phi) is 10.7. The van der Waals surface area contributed by atoms with Gasteiger partial charge < -0.3 is 4.74 Å². The van der Waals surface area contributed by atoms with E-state index in [1.54, 1.807) is 0 Å². The van der Waals surface area contributed by atoms with Crippen LogP contribution in [0, 0.1) is 13.2 Å². The van der Waals surface area contributed by atoms with Gasteiger partial charge in [-0.3, -0.25) is 0 Å². The van der Waals surface area contributed by atoms with Crippen LogP contribution in [0.4, 0.5) is 0 Å². The minimum atomic E-state index is 0. The first-order chi connectivity index (χ1) is 7.43. The van der Waals surface area contributed by atoms with E-state index in [1.807, 2.05) is 60.7 Å². The Labute approximate surface area is 123 Å². The standard InChI is InChI=1S/C8H9O.C6H5.Y/c1-9-7-8-5-3-2-4-6-8;1-2-4-6-5-3-1;/h2-6H,1,7H2;1-5H;/q2*-1;. The SMILES string of the molecule is [CH2-]OCc1ccccc1.[Y].[c-]1ccccc1. The summed E-state index contributed by atoms with van der Waals surface area (Å²) in [6.07, 6.45) is 0. The van der Waals surface area contributed by atoms with Crippen LogP contribution in [0.5, 0.6) is 0 Å². The molecule has 0 fully saturated rings. The van der Waals surface area contributed by atoms with Crippen LogP contribution in [0.3, 0.4) is 0 Å². The van der Waals surface area contributed by atoms with Crippen LogP contribution in [0.2, 0.25) is 0 Å². The van der Waals surface area contributed by atoms with Crippen LogP contribution < -0.4 is 0 Å². The third-order valence-corrected chi connectivity index (χ3v) is 1.72. The van der Waals surface area contributed by atoms with Crippen molar-refractivity contribution in [2.45, 2.75) is 6.61 Å². The van der Waals surface area contributed by atoms with Crippen molar-refractivity contribution < 1.29 is 37.4 Å². The van der Waals surface area contributed by atoms with E-state index in [0.717, 1.165) is 5.56 Å². The Morgan fingerprint density at radius 2 is 1.50 bits per heavy atom. The molecule has 0 bridgehead atoms. The number of ether oxygens (including phenoxy) is 1. The second kappa shape index (κ2) is 11.0. The van der Waals surface area contributed by atoms with Crippen molar-refractivity contribution in [3.05, 3.63) is 79.4 Å². The molecule has 0 N–H and O–H groups in total. The molecule has 0 spiro atoms. The first kappa shape index (κ1) is 15.5. The van der Waals surface area contributed by atoms with Crippen molar-refractivity contribution in [3.8, 4) is 0 Å². The first-order valence-electron chi connectivity index (χ1n) is 4.75. The summed E-state index contributed by atoms with van der Waals surface area (Å²) >= 11 is 0. The summed E-state index contributed by atoms with van der Waals surface area (Å²) in [6.45, 7) is 0.598. The Bertz CT molecular complexity index is 308. The predicted molar refractivity (Wildman–Crippen MR) is 61.9 cm³/mol. The second-order valence-electron chi connectivity index (χ2n) is 2.91. The van der Waals surface area contributed by atoms with E-state index >= 15 is 0 Å². The van der Waals surface area contributed by atoms with E-state index in [-0.39, 0.29) is 32.7 Å². The average molecular weight is 287 g/mol. The molecule has 0 atom stereocenters. The summed E-state index contributed by atoms with van der Waals surface area (Å²) in [5.41, 5.74) is 1.16. The molecule has 81 valence electrons. The summed E-state index contributed by atoms with van der Waals surface area (Å²) in [6, 6.07) is 22.5. The van der Waals surface area contributed by atoms with Gasteiger partial charge in [-0.2, -0.15) is 36.4 Å². The van der Waals surface area contributed by atoms with E-state index in [0.29, 0.717) is 6.61 Å². The molecule has 1 nitrogen and oxygen atoms in total. The van der Waals surface area contributed by atoms with Crippen molar-refractivity contribution in [3.63, 3.8) is 0 Å². The Balaban J connectivity index is 0.000000283. The van der Waals surface area contributed by atoms with Gasteiger partial charge in [-0.1, -0.05) is 30.3 Å². The van der Waals surface area contributed by atoms with Gasteiger partial charge in [0.1, 0.15) is 0 Å². The van der Waals surface area contributed by atoms with Gasteiger partial charge in [-0.25, -0.2) is 7.11 Å². The van der Waals surface area contributed by atoms with E-state index in [2.05, 4.69) is 17.9 Å². The molecule has 0 unspecified atom stereocenters. The molecule has 0 heterocycles. The maximum Gasteiger partial charge on any atom is 0.0373 e. The van der Waals surface area contributed by atoms with Gasteiger partial charge in [-0.05, 0) is 5.56 Å². The molecule has 0 saturated carbocycles. The van der Waals surface area contributed by atoms with Crippen LogP contribution in [0.25, 0.3) is 0 Å². The summed E-state index contributed by atoms with van der Waals surface area (Å²) < 4.78 is 4.68. The molecule has 0 amide bonds. The molecule has 16 heavy (non-hydrogen) atoms. The largest absolute Gasteiger partial charge is 0.552 e. The summed E-state index contributed by atoms with van der Waals surface area (Å²) in [5.74, 6) is 0. The van der Waals surface area contributed by atoms with Gasteiger partial charge in [0.25, 0.3) is 0 Å². The van der Waals surface area contributed by atoms with Crippen molar-refractivity contribution in [2.75, 3.05) is 0 Å². The maximum absolute atomic E-state index is 4.68. The molecule has 0 aromatic heterocycles. The smallest absolute Gasteiger partial charge is 0.0373 e. The molecule has 2 heteroatoms. The fourth-order valence-electron chi connectivity index (χ4n) is 1.03. The zero-order valence-corrected chi connectivity index (χ0v) is 12.0.